The van der Waals surface area contributed by atoms with Crippen molar-refractivity contribution in [2.24, 2.45) is 10.7 Å². The highest BCUT2D eigenvalue weighted by molar-refractivity contribution is 14.0. The summed E-state index contributed by atoms with van der Waals surface area (Å²) in [5.74, 6) is 0.598. The Balaban J connectivity index is 0.00000128. The van der Waals surface area contributed by atoms with Crippen molar-refractivity contribution in [2.75, 3.05) is 33.4 Å². The number of morpholine rings is 1. The van der Waals surface area contributed by atoms with Crippen molar-refractivity contribution >= 4 is 29.9 Å². The number of aliphatic imine (C=N–C) groups is 1. The maximum Gasteiger partial charge on any atom is 0.191 e. The fraction of sp³-hybridized carbons (Fsp3) is 0.900. The standard InChI is InChI=1S/C10H19N3O2.HI/c1-12-10(11)13-4-6-15-9(7-13)8-3-2-5-14-8;/h8-9H,2-7H2,1H3,(H2,11,12);1H. The summed E-state index contributed by atoms with van der Waals surface area (Å²) in [5.41, 5.74) is 5.79. The molecule has 16 heavy (non-hydrogen) atoms. The lowest BCUT2D eigenvalue weighted by Gasteiger charge is -2.35. The molecule has 0 radical (unpaired) electrons. The summed E-state index contributed by atoms with van der Waals surface area (Å²) in [6, 6.07) is 0. The van der Waals surface area contributed by atoms with E-state index < -0.39 is 0 Å². The van der Waals surface area contributed by atoms with Crippen LogP contribution in [0.4, 0.5) is 0 Å². The van der Waals surface area contributed by atoms with Crippen LogP contribution in [0.3, 0.4) is 0 Å². The van der Waals surface area contributed by atoms with E-state index in [1.54, 1.807) is 7.05 Å². The number of hydrogen-bond donors (Lipinski definition) is 1. The van der Waals surface area contributed by atoms with Crippen LogP contribution in [0.2, 0.25) is 0 Å². The third-order valence-electron chi connectivity index (χ3n) is 3.03. The first kappa shape index (κ1) is 14.0. The molecular weight excluding hydrogens is 321 g/mol. The van der Waals surface area contributed by atoms with Crippen LogP contribution in [0.25, 0.3) is 0 Å². The minimum Gasteiger partial charge on any atom is -0.375 e. The van der Waals surface area contributed by atoms with E-state index in [-0.39, 0.29) is 36.2 Å². The molecule has 6 heteroatoms. The Morgan fingerprint density at radius 2 is 2.06 bits per heavy atom. The molecule has 0 aliphatic carbocycles. The van der Waals surface area contributed by atoms with Gasteiger partial charge in [-0.25, -0.2) is 0 Å². The first-order chi connectivity index (χ1) is 7.31. The summed E-state index contributed by atoms with van der Waals surface area (Å²) in [5, 5.41) is 0. The van der Waals surface area contributed by atoms with Crippen LogP contribution in [-0.4, -0.2) is 56.4 Å². The molecule has 5 nitrogen and oxygen atoms in total. The topological polar surface area (TPSA) is 60.1 Å². The second kappa shape index (κ2) is 6.61. The summed E-state index contributed by atoms with van der Waals surface area (Å²) in [4.78, 5) is 6.06. The predicted octanol–water partition coefficient (Wildman–Crippen LogP) is 0.429. The monoisotopic (exact) mass is 341 g/mol. The van der Waals surface area contributed by atoms with Crippen molar-refractivity contribution in [1.29, 1.82) is 0 Å². The van der Waals surface area contributed by atoms with Gasteiger partial charge in [0.2, 0.25) is 0 Å². The first-order valence-corrected chi connectivity index (χ1v) is 5.51. The number of nitrogens with zero attached hydrogens (tertiary/aromatic N) is 2. The maximum atomic E-state index is 5.79. The summed E-state index contributed by atoms with van der Waals surface area (Å²) in [6.45, 7) is 3.20. The molecular formula is C10H20IN3O2. The van der Waals surface area contributed by atoms with E-state index in [0.717, 1.165) is 32.5 Å². The quantitative estimate of drug-likeness (QED) is 0.427. The number of nitrogens with two attached hydrogens (primary N) is 1. The second-order valence-corrected chi connectivity index (χ2v) is 3.99. The highest BCUT2D eigenvalue weighted by atomic mass is 127. The maximum absolute atomic E-state index is 5.79. The fourth-order valence-corrected chi connectivity index (χ4v) is 2.15. The van der Waals surface area contributed by atoms with Gasteiger partial charge < -0.3 is 20.1 Å². The third kappa shape index (κ3) is 3.21. The smallest absolute Gasteiger partial charge is 0.191 e. The van der Waals surface area contributed by atoms with Crippen molar-refractivity contribution in [1.82, 2.24) is 4.90 Å². The van der Waals surface area contributed by atoms with Gasteiger partial charge in [0.1, 0.15) is 6.10 Å². The van der Waals surface area contributed by atoms with Gasteiger partial charge in [-0.2, -0.15) is 0 Å². The minimum absolute atomic E-state index is 0. The molecule has 0 aromatic heterocycles. The molecule has 2 N–H and O–H groups in total. The highest BCUT2D eigenvalue weighted by Crippen LogP contribution is 2.20. The van der Waals surface area contributed by atoms with Crippen molar-refractivity contribution < 1.29 is 9.47 Å². The van der Waals surface area contributed by atoms with E-state index in [1.165, 1.54) is 0 Å². The number of hydrogen-bond acceptors (Lipinski definition) is 3. The number of ether oxygens (including phenoxy) is 2. The van der Waals surface area contributed by atoms with Gasteiger partial charge in [0.15, 0.2) is 5.96 Å². The van der Waals surface area contributed by atoms with E-state index in [1.807, 2.05) is 0 Å². The molecule has 0 aromatic rings. The van der Waals surface area contributed by atoms with Crippen LogP contribution in [0, 0.1) is 0 Å². The zero-order valence-electron chi connectivity index (χ0n) is 9.59. The molecule has 0 spiro atoms. The average molecular weight is 341 g/mol. The van der Waals surface area contributed by atoms with E-state index in [0.29, 0.717) is 12.6 Å². The Morgan fingerprint density at radius 3 is 2.69 bits per heavy atom. The first-order valence-electron chi connectivity index (χ1n) is 5.51. The van der Waals surface area contributed by atoms with Gasteiger partial charge in [-0.05, 0) is 12.8 Å². The Kier molecular flexibility index (Phi) is 5.77. The molecule has 0 aromatic carbocycles. The lowest BCUT2D eigenvalue weighted by atomic mass is 10.1. The Labute approximate surface area is 113 Å². The van der Waals surface area contributed by atoms with Crippen molar-refractivity contribution in [3.8, 4) is 0 Å². The molecule has 0 amide bonds. The third-order valence-corrected chi connectivity index (χ3v) is 3.03. The second-order valence-electron chi connectivity index (χ2n) is 3.99. The zero-order valence-corrected chi connectivity index (χ0v) is 11.9. The van der Waals surface area contributed by atoms with E-state index >= 15 is 0 Å². The highest BCUT2D eigenvalue weighted by Gasteiger charge is 2.31. The summed E-state index contributed by atoms with van der Waals surface area (Å²) >= 11 is 0. The van der Waals surface area contributed by atoms with Gasteiger partial charge in [-0.1, -0.05) is 0 Å². The predicted molar refractivity (Wildman–Crippen MR) is 73.2 cm³/mol. The van der Waals surface area contributed by atoms with Crippen molar-refractivity contribution in [3.63, 3.8) is 0 Å². The van der Waals surface area contributed by atoms with Crippen LogP contribution in [0.1, 0.15) is 12.8 Å². The van der Waals surface area contributed by atoms with Gasteiger partial charge >= 0.3 is 0 Å². The number of rotatable bonds is 1. The molecule has 2 unspecified atom stereocenters. The molecule has 0 saturated carbocycles. The van der Waals surface area contributed by atoms with E-state index in [9.17, 15) is 0 Å². The SMILES string of the molecule is CN=C(N)N1CCOC(C2CCCO2)C1.I. The molecule has 2 aliphatic rings. The van der Waals surface area contributed by atoms with Crippen molar-refractivity contribution in [3.05, 3.63) is 0 Å². The van der Waals surface area contributed by atoms with Crippen molar-refractivity contribution in [2.45, 2.75) is 25.0 Å². The van der Waals surface area contributed by atoms with Crippen LogP contribution < -0.4 is 5.73 Å². The molecule has 0 bridgehead atoms. The summed E-state index contributed by atoms with van der Waals surface area (Å²) in [6.07, 6.45) is 2.64. The Bertz CT molecular complexity index is 244. The van der Waals surface area contributed by atoms with Gasteiger partial charge in [0.25, 0.3) is 0 Å². The average Bonchev–Trinajstić information content (AvgIpc) is 2.82. The van der Waals surface area contributed by atoms with Gasteiger partial charge in [0.05, 0.1) is 12.7 Å². The van der Waals surface area contributed by atoms with Crippen LogP contribution in [-0.2, 0) is 9.47 Å². The number of guanidine groups is 1. The molecule has 2 rings (SSSR count). The molecule has 2 heterocycles. The molecule has 2 atom stereocenters. The van der Waals surface area contributed by atoms with E-state index in [4.69, 9.17) is 15.2 Å². The largest absolute Gasteiger partial charge is 0.375 e. The summed E-state index contributed by atoms with van der Waals surface area (Å²) in [7, 11) is 1.71. The molecule has 94 valence electrons. The fourth-order valence-electron chi connectivity index (χ4n) is 2.15. The lowest BCUT2D eigenvalue weighted by molar-refractivity contribution is -0.0813. The Morgan fingerprint density at radius 1 is 1.31 bits per heavy atom. The van der Waals surface area contributed by atoms with Crippen LogP contribution in [0.15, 0.2) is 4.99 Å². The minimum atomic E-state index is 0. The van der Waals surface area contributed by atoms with Gasteiger partial charge in [-0.15, -0.1) is 24.0 Å². The molecule has 2 saturated heterocycles. The van der Waals surface area contributed by atoms with Crippen LogP contribution >= 0.6 is 24.0 Å². The number of halogens is 1. The van der Waals surface area contributed by atoms with Gasteiger partial charge in [0, 0.05) is 26.7 Å². The summed E-state index contributed by atoms with van der Waals surface area (Å²) < 4.78 is 11.3. The van der Waals surface area contributed by atoms with E-state index in [2.05, 4.69) is 9.89 Å². The molecule has 2 aliphatic heterocycles. The zero-order chi connectivity index (χ0) is 10.7. The molecule has 2 fully saturated rings. The lowest BCUT2D eigenvalue weighted by Crippen LogP contribution is -2.52. The van der Waals surface area contributed by atoms with Gasteiger partial charge in [-0.3, -0.25) is 4.99 Å². The van der Waals surface area contributed by atoms with Crippen LogP contribution in [0.5, 0.6) is 0 Å². The normalized spacial score (nSPS) is 31.3. The Hall–Kier alpha value is -0.0800.